The van der Waals surface area contributed by atoms with Crippen LogP contribution in [0.4, 0.5) is 0 Å². The molecule has 156 valence electrons. The minimum absolute atomic E-state index is 0.663. The topological polar surface area (TPSA) is 122 Å². The van der Waals surface area contributed by atoms with E-state index < -0.39 is 17.0 Å². The third kappa shape index (κ3) is 7.07. The zero-order valence-corrected chi connectivity index (χ0v) is 17.4. The molecule has 1 unspecified atom stereocenters. The molecule has 7 nitrogen and oxygen atoms in total. The molecule has 1 aliphatic carbocycles. The van der Waals surface area contributed by atoms with Crippen molar-refractivity contribution >= 4 is 5.57 Å². The standard InChI is InChI=1S/C19H21N3O2.C3H8O2/c1-18(2,23)14-9-8-13(10-19(3,24)11-14)15-6-4-5-7-16(15)17-20-12-21-22-17;1-3(2,4)5/h4-12,23-24H,1-3H3,(H,20,21,22);4-5H,1-2H3. The summed E-state index contributed by atoms with van der Waals surface area (Å²) in [6, 6.07) is 7.79. The van der Waals surface area contributed by atoms with Gasteiger partial charge >= 0.3 is 0 Å². The fraction of sp³-hybridized carbons (Fsp3) is 0.364. The summed E-state index contributed by atoms with van der Waals surface area (Å²) in [7, 11) is 0. The molecule has 1 heterocycles. The van der Waals surface area contributed by atoms with Gasteiger partial charge in [0.2, 0.25) is 0 Å². The average Bonchev–Trinajstić information content (AvgIpc) is 3.03. The minimum atomic E-state index is -1.50. The highest BCUT2D eigenvalue weighted by Gasteiger charge is 2.25. The fourth-order valence-electron chi connectivity index (χ4n) is 2.77. The molecule has 1 atom stereocenters. The molecular formula is C22H29N3O4. The number of hydrogen-bond donors (Lipinski definition) is 5. The van der Waals surface area contributed by atoms with Crippen LogP contribution in [0.5, 0.6) is 0 Å². The number of allylic oxidation sites excluding steroid dienone is 2. The molecule has 0 spiro atoms. The monoisotopic (exact) mass is 399 g/mol. The lowest BCUT2D eigenvalue weighted by atomic mass is 9.93. The van der Waals surface area contributed by atoms with Gasteiger partial charge in [0.05, 0.1) is 11.2 Å². The number of nitrogens with one attached hydrogen (secondary N) is 1. The molecule has 1 aromatic heterocycles. The van der Waals surface area contributed by atoms with Gasteiger partial charge in [0.1, 0.15) is 6.33 Å². The summed E-state index contributed by atoms with van der Waals surface area (Å²) in [6.45, 7) is 7.70. The molecule has 0 bridgehead atoms. The van der Waals surface area contributed by atoms with E-state index in [0.29, 0.717) is 11.4 Å². The molecule has 2 aromatic rings. The van der Waals surface area contributed by atoms with E-state index in [-0.39, 0.29) is 0 Å². The van der Waals surface area contributed by atoms with Gasteiger partial charge in [0.25, 0.3) is 0 Å². The van der Waals surface area contributed by atoms with Gasteiger partial charge in [-0.3, -0.25) is 5.10 Å². The predicted octanol–water partition coefficient (Wildman–Crippen LogP) is 2.58. The normalized spacial score (nSPS) is 19.6. The third-order valence-electron chi connectivity index (χ3n) is 3.95. The highest BCUT2D eigenvalue weighted by molar-refractivity contribution is 5.85. The Balaban J connectivity index is 0.000000537. The smallest absolute Gasteiger partial charge is 0.156 e. The van der Waals surface area contributed by atoms with Gasteiger partial charge in [-0.1, -0.05) is 36.4 Å². The summed E-state index contributed by atoms with van der Waals surface area (Å²) in [6.07, 6.45) is 8.66. The van der Waals surface area contributed by atoms with Crippen LogP contribution >= 0.6 is 0 Å². The van der Waals surface area contributed by atoms with E-state index in [2.05, 4.69) is 15.2 Å². The Kier molecular flexibility index (Phi) is 6.60. The SMILES string of the molecule is CC(C)(O)O.CC1(O)C=C(c2ccccc2-c2ncn[nH]2)C=CC(C(C)(C)O)=C1. The van der Waals surface area contributed by atoms with Crippen molar-refractivity contribution in [1.29, 1.82) is 0 Å². The Bertz CT molecular complexity index is 906. The fourth-order valence-corrected chi connectivity index (χ4v) is 2.77. The van der Waals surface area contributed by atoms with Crippen LogP contribution in [0.1, 0.15) is 40.2 Å². The van der Waals surface area contributed by atoms with E-state index in [1.54, 1.807) is 32.9 Å². The van der Waals surface area contributed by atoms with Crippen LogP contribution in [-0.2, 0) is 0 Å². The minimum Gasteiger partial charge on any atom is -0.386 e. The molecule has 0 saturated heterocycles. The van der Waals surface area contributed by atoms with E-state index in [0.717, 1.165) is 16.7 Å². The van der Waals surface area contributed by atoms with Crippen LogP contribution in [0.2, 0.25) is 0 Å². The van der Waals surface area contributed by atoms with E-state index in [1.807, 2.05) is 36.4 Å². The van der Waals surface area contributed by atoms with Crippen molar-refractivity contribution in [2.45, 2.75) is 51.6 Å². The van der Waals surface area contributed by atoms with Crippen LogP contribution in [0, 0.1) is 0 Å². The molecule has 5 N–H and O–H groups in total. The maximum absolute atomic E-state index is 10.7. The van der Waals surface area contributed by atoms with Crippen LogP contribution < -0.4 is 0 Å². The summed E-state index contributed by atoms with van der Waals surface area (Å²) in [5.41, 5.74) is 1.12. The van der Waals surface area contributed by atoms with E-state index in [1.165, 1.54) is 20.2 Å². The van der Waals surface area contributed by atoms with Gasteiger partial charge in [0.15, 0.2) is 11.6 Å². The van der Waals surface area contributed by atoms with Gasteiger partial charge in [0, 0.05) is 5.56 Å². The van der Waals surface area contributed by atoms with E-state index >= 15 is 0 Å². The predicted molar refractivity (Wildman–Crippen MR) is 112 cm³/mol. The van der Waals surface area contributed by atoms with Crippen molar-refractivity contribution in [3.8, 4) is 11.4 Å². The number of aromatic nitrogens is 3. The molecule has 29 heavy (non-hydrogen) atoms. The number of rotatable bonds is 3. The Morgan fingerprint density at radius 1 is 0.931 bits per heavy atom. The maximum atomic E-state index is 10.7. The number of nitrogens with zero attached hydrogens (tertiary/aromatic N) is 2. The summed E-state index contributed by atoms with van der Waals surface area (Å²) < 4.78 is 0. The van der Waals surface area contributed by atoms with Gasteiger partial charge in [-0.2, -0.15) is 5.10 Å². The highest BCUT2D eigenvalue weighted by atomic mass is 16.5. The number of hydrogen-bond acceptors (Lipinski definition) is 6. The maximum Gasteiger partial charge on any atom is 0.156 e. The second-order valence-corrected chi connectivity index (χ2v) is 8.19. The first-order valence-electron chi connectivity index (χ1n) is 9.25. The lowest BCUT2D eigenvalue weighted by Crippen LogP contribution is -2.25. The molecule has 3 rings (SSSR count). The number of H-pyrrole nitrogens is 1. The molecule has 0 saturated carbocycles. The number of benzene rings is 1. The zero-order chi connectivity index (χ0) is 21.9. The van der Waals surface area contributed by atoms with Crippen LogP contribution in [0.15, 0.2) is 60.5 Å². The lowest BCUT2D eigenvalue weighted by molar-refractivity contribution is -0.127. The van der Waals surface area contributed by atoms with Crippen LogP contribution in [-0.4, -0.2) is 52.6 Å². The van der Waals surface area contributed by atoms with Crippen molar-refractivity contribution in [2.24, 2.45) is 0 Å². The molecule has 0 radical (unpaired) electrons. The number of aromatic amines is 1. The van der Waals surface area contributed by atoms with Crippen LogP contribution in [0.3, 0.4) is 0 Å². The zero-order valence-electron chi connectivity index (χ0n) is 17.4. The van der Waals surface area contributed by atoms with Crippen molar-refractivity contribution in [3.05, 3.63) is 66.0 Å². The average molecular weight is 399 g/mol. The Hall–Kier alpha value is -2.58. The summed E-state index contributed by atoms with van der Waals surface area (Å²) >= 11 is 0. The first kappa shape index (κ1) is 22.7. The number of aliphatic hydroxyl groups is 4. The molecule has 7 heteroatoms. The first-order chi connectivity index (χ1) is 13.3. The quantitative estimate of drug-likeness (QED) is 0.506. The third-order valence-corrected chi connectivity index (χ3v) is 3.95. The largest absolute Gasteiger partial charge is 0.386 e. The van der Waals surface area contributed by atoms with Crippen molar-refractivity contribution < 1.29 is 20.4 Å². The molecule has 0 fully saturated rings. The molecule has 1 aromatic carbocycles. The van der Waals surface area contributed by atoms with Crippen molar-refractivity contribution in [1.82, 2.24) is 15.2 Å². The summed E-state index contributed by atoms with van der Waals surface area (Å²) in [4.78, 5) is 4.22. The van der Waals surface area contributed by atoms with Crippen LogP contribution in [0.25, 0.3) is 17.0 Å². The van der Waals surface area contributed by atoms with Crippen molar-refractivity contribution in [2.75, 3.05) is 0 Å². The highest BCUT2D eigenvalue weighted by Crippen LogP contribution is 2.33. The van der Waals surface area contributed by atoms with Gasteiger partial charge < -0.3 is 20.4 Å². The van der Waals surface area contributed by atoms with Gasteiger partial charge in [-0.25, -0.2) is 4.98 Å². The van der Waals surface area contributed by atoms with E-state index in [4.69, 9.17) is 10.2 Å². The molecular weight excluding hydrogens is 370 g/mol. The van der Waals surface area contributed by atoms with Crippen molar-refractivity contribution in [3.63, 3.8) is 0 Å². The first-order valence-corrected chi connectivity index (χ1v) is 9.25. The Labute approximate surface area is 170 Å². The van der Waals surface area contributed by atoms with Gasteiger partial charge in [-0.15, -0.1) is 0 Å². The Morgan fingerprint density at radius 3 is 2.03 bits per heavy atom. The Morgan fingerprint density at radius 2 is 1.52 bits per heavy atom. The lowest BCUT2D eigenvalue weighted by Gasteiger charge is -2.22. The molecule has 0 aliphatic heterocycles. The molecule has 0 amide bonds. The van der Waals surface area contributed by atoms with E-state index in [9.17, 15) is 10.2 Å². The second kappa shape index (κ2) is 8.42. The molecule has 1 aliphatic rings. The summed E-state index contributed by atoms with van der Waals surface area (Å²) in [5, 5.41) is 43.9. The van der Waals surface area contributed by atoms with Gasteiger partial charge in [-0.05, 0) is 63.5 Å². The second-order valence-electron chi connectivity index (χ2n) is 8.19. The summed E-state index contributed by atoms with van der Waals surface area (Å²) in [5.74, 6) is -0.834.